The molecule has 0 unspecified atom stereocenters. The summed E-state index contributed by atoms with van der Waals surface area (Å²) in [5.74, 6) is 0.631. The van der Waals surface area contributed by atoms with Crippen molar-refractivity contribution < 1.29 is 14.3 Å². The van der Waals surface area contributed by atoms with Gasteiger partial charge in [-0.05, 0) is 42.3 Å². The SMILES string of the molecule is CCOc1cc(/C=C/c2ccncc2)ccc1OC(C)=O. The average molecular weight is 283 g/mol. The van der Waals surface area contributed by atoms with Gasteiger partial charge in [0.2, 0.25) is 0 Å². The molecule has 0 aliphatic carbocycles. The molecule has 21 heavy (non-hydrogen) atoms. The fourth-order valence-corrected chi connectivity index (χ4v) is 1.80. The molecule has 1 aromatic heterocycles. The van der Waals surface area contributed by atoms with Crippen LogP contribution in [0.5, 0.6) is 11.5 Å². The van der Waals surface area contributed by atoms with Gasteiger partial charge in [0, 0.05) is 19.3 Å². The van der Waals surface area contributed by atoms with Gasteiger partial charge in [0.1, 0.15) is 0 Å². The highest BCUT2D eigenvalue weighted by Crippen LogP contribution is 2.29. The molecule has 0 aliphatic rings. The summed E-state index contributed by atoms with van der Waals surface area (Å²) in [6.07, 6.45) is 7.44. The predicted octanol–water partition coefficient (Wildman–Crippen LogP) is 3.58. The van der Waals surface area contributed by atoms with Crippen LogP contribution in [0.15, 0.2) is 42.7 Å². The standard InChI is InChI=1S/C17H17NO3/c1-3-20-17-12-15(6-7-16(17)21-13(2)19)5-4-14-8-10-18-11-9-14/h4-12H,3H2,1-2H3/b5-4+. The van der Waals surface area contributed by atoms with Crippen molar-refractivity contribution in [2.75, 3.05) is 6.61 Å². The largest absolute Gasteiger partial charge is 0.490 e. The van der Waals surface area contributed by atoms with Crippen LogP contribution in [-0.2, 0) is 4.79 Å². The molecule has 0 bridgehead atoms. The number of nitrogens with zero attached hydrogens (tertiary/aromatic N) is 1. The predicted molar refractivity (Wildman–Crippen MR) is 82.1 cm³/mol. The number of rotatable bonds is 5. The van der Waals surface area contributed by atoms with Gasteiger partial charge in [-0.3, -0.25) is 9.78 Å². The summed E-state index contributed by atoms with van der Waals surface area (Å²) in [5.41, 5.74) is 2.03. The Kier molecular flexibility index (Phi) is 5.10. The van der Waals surface area contributed by atoms with Crippen molar-refractivity contribution in [2.45, 2.75) is 13.8 Å². The van der Waals surface area contributed by atoms with Crippen molar-refractivity contribution in [1.29, 1.82) is 0 Å². The van der Waals surface area contributed by atoms with Gasteiger partial charge in [0.25, 0.3) is 0 Å². The van der Waals surface area contributed by atoms with Crippen molar-refractivity contribution in [3.8, 4) is 11.5 Å². The maximum atomic E-state index is 11.1. The van der Waals surface area contributed by atoms with Crippen LogP contribution in [0.2, 0.25) is 0 Å². The second-order valence-electron chi connectivity index (χ2n) is 4.35. The lowest BCUT2D eigenvalue weighted by atomic mass is 10.1. The topological polar surface area (TPSA) is 48.4 Å². The Labute approximate surface area is 124 Å². The van der Waals surface area contributed by atoms with Gasteiger partial charge in [-0.25, -0.2) is 0 Å². The molecule has 4 nitrogen and oxygen atoms in total. The first kappa shape index (κ1) is 14.8. The molecule has 0 spiro atoms. The van der Waals surface area contributed by atoms with E-state index in [1.807, 2.05) is 43.3 Å². The third-order valence-corrected chi connectivity index (χ3v) is 2.70. The van der Waals surface area contributed by atoms with Gasteiger partial charge in [0.15, 0.2) is 11.5 Å². The number of pyridine rings is 1. The quantitative estimate of drug-likeness (QED) is 0.621. The molecule has 0 saturated heterocycles. The summed E-state index contributed by atoms with van der Waals surface area (Å²) in [7, 11) is 0. The molecule has 108 valence electrons. The van der Waals surface area contributed by atoms with Crippen molar-refractivity contribution in [1.82, 2.24) is 4.98 Å². The van der Waals surface area contributed by atoms with E-state index in [4.69, 9.17) is 9.47 Å². The molecule has 0 atom stereocenters. The highest BCUT2D eigenvalue weighted by atomic mass is 16.6. The molecule has 0 amide bonds. The smallest absolute Gasteiger partial charge is 0.308 e. The summed E-state index contributed by atoms with van der Waals surface area (Å²) < 4.78 is 10.6. The highest BCUT2D eigenvalue weighted by Gasteiger charge is 2.07. The Morgan fingerprint density at radius 2 is 1.81 bits per heavy atom. The van der Waals surface area contributed by atoms with Crippen LogP contribution < -0.4 is 9.47 Å². The second kappa shape index (κ2) is 7.24. The molecule has 0 aliphatic heterocycles. The fraction of sp³-hybridized carbons (Fsp3) is 0.176. The van der Waals surface area contributed by atoms with E-state index in [9.17, 15) is 4.79 Å². The first-order valence-corrected chi connectivity index (χ1v) is 6.72. The molecule has 2 aromatic rings. The van der Waals surface area contributed by atoms with Crippen LogP contribution in [-0.4, -0.2) is 17.6 Å². The maximum Gasteiger partial charge on any atom is 0.308 e. The van der Waals surface area contributed by atoms with Crippen LogP contribution in [0.4, 0.5) is 0 Å². The van der Waals surface area contributed by atoms with Gasteiger partial charge in [-0.1, -0.05) is 18.2 Å². The van der Waals surface area contributed by atoms with Crippen LogP contribution in [0.1, 0.15) is 25.0 Å². The molecular formula is C17H17NO3. The number of hydrogen-bond acceptors (Lipinski definition) is 4. The number of carbonyl (C=O) groups is 1. The van der Waals surface area contributed by atoms with E-state index in [0.29, 0.717) is 18.1 Å². The second-order valence-corrected chi connectivity index (χ2v) is 4.35. The zero-order valence-electron chi connectivity index (χ0n) is 12.1. The van der Waals surface area contributed by atoms with E-state index in [-0.39, 0.29) is 5.97 Å². The lowest BCUT2D eigenvalue weighted by molar-refractivity contribution is -0.132. The van der Waals surface area contributed by atoms with Gasteiger partial charge in [-0.2, -0.15) is 0 Å². The van der Waals surface area contributed by atoms with Crippen molar-refractivity contribution >= 4 is 18.1 Å². The van der Waals surface area contributed by atoms with Gasteiger partial charge in [-0.15, -0.1) is 0 Å². The van der Waals surface area contributed by atoms with E-state index in [1.54, 1.807) is 18.5 Å². The Bertz CT molecular complexity index is 636. The highest BCUT2D eigenvalue weighted by molar-refractivity contribution is 5.73. The monoisotopic (exact) mass is 283 g/mol. The lowest BCUT2D eigenvalue weighted by Crippen LogP contribution is -2.04. The van der Waals surface area contributed by atoms with E-state index in [2.05, 4.69) is 4.98 Å². The Hall–Kier alpha value is -2.62. The van der Waals surface area contributed by atoms with Gasteiger partial charge >= 0.3 is 5.97 Å². The number of aromatic nitrogens is 1. The summed E-state index contributed by atoms with van der Waals surface area (Å²) >= 11 is 0. The normalized spacial score (nSPS) is 10.6. The minimum Gasteiger partial charge on any atom is -0.490 e. The van der Waals surface area contributed by atoms with Gasteiger partial charge in [0.05, 0.1) is 6.61 Å². The van der Waals surface area contributed by atoms with Crippen LogP contribution in [0, 0.1) is 0 Å². The van der Waals surface area contributed by atoms with E-state index in [1.165, 1.54) is 6.92 Å². The van der Waals surface area contributed by atoms with Crippen LogP contribution >= 0.6 is 0 Å². The zero-order valence-corrected chi connectivity index (χ0v) is 12.1. The average Bonchev–Trinajstić information content (AvgIpc) is 2.48. The first-order chi connectivity index (χ1) is 10.2. The third-order valence-electron chi connectivity index (χ3n) is 2.70. The number of esters is 1. The molecular weight excluding hydrogens is 266 g/mol. The Balaban J connectivity index is 2.23. The van der Waals surface area contributed by atoms with Crippen molar-refractivity contribution in [3.63, 3.8) is 0 Å². The van der Waals surface area contributed by atoms with Gasteiger partial charge < -0.3 is 9.47 Å². The number of hydrogen-bond donors (Lipinski definition) is 0. The molecule has 0 radical (unpaired) electrons. The van der Waals surface area contributed by atoms with Crippen LogP contribution in [0.3, 0.4) is 0 Å². The van der Waals surface area contributed by atoms with Crippen molar-refractivity contribution in [3.05, 3.63) is 53.9 Å². The summed E-state index contributed by atoms with van der Waals surface area (Å²) in [5, 5.41) is 0. The molecule has 0 fully saturated rings. The van der Waals surface area contributed by atoms with E-state index in [0.717, 1.165) is 11.1 Å². The molecule has 0 saturated carbocycles. The van der Waals surface area contributed by atoms with Crippen LogP contribution in [0.25, 0.3) is 12.2 Å². The van der Waals surface area contributed by atoms with E-state index < -0.39 is 0 Å². The molecule has 1 heterocycles. The number of benzene rings is 1. The Morgan fingerprint density at radius 1 is 1.10 bits per heavy atom. The summed E-state index contributed by atoms with van der Waals surface area (Å²) in [6, 6.07) is 9.30. The fourth-order valence-electron chi connectivity index (χ4n) is 1.80. The third kappa shape index (κ3) is 4.45. The number of carbonyl (C=O) groups excluding carboxylic acids is 1. The lowest BCUT2D eigenvalue weighted by Gasteiger charge is -2.10. The first-order valence-electron chi connectivity index (χ1n) is 6.72. The zero-order chi connectivity index (χ0) is 15.1. The van der Waals surface area contributed by atoms with Crippen molar-refractivity contribution in [2.24, 2.45) is 0 Å². The molecule has 1 aromatic carbocycles. The minimum atomic E-state index is -0.365. The summed E-state index contributed by atoms with van der Waals surface area (Å²) in [6.45, 7) is 3.76. The summed E-state index contributed by atoms with van der Waals surface area (Å²) in [4.78, 5) is 15.0. The van der Waals surface area contributed by atoms with E-state index >= 15 is 0 Å². The molecule has 2 rings (SSSR count). The maximum absolute atomic E-state index is 11.1. The molecule has 0 N–H and O–H groups in total. The molecule has 4 heteroatoms. The minimum absolute atomic E-state index is 0.365. The Morgan fingerprint density at radius 3 is 2.48 bits per heavy atom. The number of ether oxygens (including phenoxy) is 2.